The molecular weight excluding hydrogens is 266 g/mol. The van der Waals surface area contributed by atoms with Gasteiger partial charge in [0.15, 0.2) is 12.1 Å². The summed E-state index contributed by atoms with van der Waals surface area (Å²) >= 11 is 0. The molecule has 0 amide bonds. The molecule has 2 rings (SSSR count). The van der Waals surface area contributed by atoms with E-state index >= 15 is 0 Å². The first-order valence-corrected chi connectivity index (χ1v) is 5.85. The summed E-state index contributed by atoms with van der Waals surface area (Å²) in [5, 5.41) is 10.9. The van der Waals surface area contributed by atoms with E-state index in [4.69, 9.17) is 14.2 Å². The Bertz CT molecular complexity index is 554. The molecule has 0 bridgehead atoms. The minimum Gasteiger partial charge on any atom is -0.497 e. The summed E-state index contributed by atoms with van der Waals surface area (Å²) in [6.45, 7) is -0.0713. The van der Waals surface area contributed by atoms with Gasteiger partial charge in [0.1, 0.15) is 12.4 Å². The van der Waals surface area contributed by atoms with Gasteiger partial charge in [-0.05, 0) is 24.3 Å². The number of nitro benzene ring substituents is 1. The number of hydrogen-bond acceptors (Lipinski definition) is 6. The van der Waals surface area contributed by atoms with E-state index in [1.165, 1.54) is 37.5 Å². The smallest absolute Gasteiger partial charge is 0.275 e. The highest BCUT2D eigenvalue weighted by atomic mass is 16.7. The van der Waals surface area contributed by atoms with Crippen LogP contribution in [0.3, 0.4) is 0 Å². The van der Waals surface area contributed by atoms with Crippen LogP contribution >= 0.6 is 0 Å². The van der Waals surface area contributed by atoms with E-state index in [-0.39, 0.29) is 24.7 Å². The second-order valence-electron chi connectivity index (χ2n) is 4.07. The highest BCUT2D eigenvalue weighted by Gasteiger charge is 2.18. The van der Waals surface area contributed by atoms with Crippen molar-refractivity contribution in [2.45, 2.75) is 12.9 Å². The van der Waals surface area contributed by atoms with E-state index in [1.54, 1.807) is 0 Å². The van der Waals surface area contributed by atoms with Crippen molar-refractivity contribution < 1.29 is 23.9 Å². The first-order chi connectivity index (χ1) is 9.60. The monoisotopic (exact) mass is 279 g/mol. The van der Waals surface area contributed by atoms with E-state index in [2.05, 4.69) is 0 Å². The molecule has 0 fully saturated rings. The summed E-state index contributed by atoms with van der Waals surface area (Å²) in [4.78, 5) is 21.4. The fraction of sp³-hybridized carbons (Fsp3) is 0.308. The number of rotatable bonds is 5. The molecule has 1 atom stereocenters. The second-order valence-corrected chi connectivity index (χ2v) is 4.07. The molecule has 0 saturated carbocycles. The standard InChI is InChI=1S/C13H13NO6/c1-18-11-3-4-12(14(16)17)9(6-11)7-19-13-5-2-10(15)8-20-13/h2-6,13H,7-8H2,1H3/t13-/m1/s1. The van der Waals surface area contributed by atoms with E-state index in [9.17, 15) is 14.9 Å². The van der Waals surface area contributed by atoms with Crippen molar-refractivity contribution in [3.63, 3.8) is 0 Å². The molecule has 1 aromatic rings. The maximum absolute atomic E-state index is 10.9. The predicted molar refractivity (Wildman–Crippen MR) is 68.3 cm³/mol. The number of carbonyl (C=O) groups excluding carboxylic acids is 1. The van der Waals surface area contributed by atoms with Gasteiger partial charge in [-0.3, -0.25) is 14.9 Å². The summed E-state index contributed by atoms with van der Waals surface area (Å²) in [6, 6.07) is 4.41. The van der Waals surface area contributed by atoms with Crippen molar-refractivity contribution in [3.8, 4) is 5.75 Å². The maximum Gasteiger partial charge on any atom is 0.275 e. The minimum absolute atomic E-state index is 0.0172. The Labute approximate surface area is 114 Å². The summed E-state index contributed by atoms with van der Waals surface area (Å²) in [5.74, 6) is 0.363. The van der Waals surface area contributed by atoms with Gasteiger partial charge in [0, 0.05) is 6.07 Å². The molecule has 0 aliphatic carbocycles. The van der Waals surface area contributed by atoms with Crippen molar-refractivity contribution in [3.05, 3.63) is 46.0 Å². The first kappa shape index (κ1) is 14.2. The minimum atomic E-state index is -0.682. The van der Waals surface area contributed by atoms with Gasteiger partial charge < -0.3 is 14.2 Å². The van der Waals surface area contributed by atoms with Crippen LogP contribution in [0.5, 0.6) is 5.75 Å². The number of carbonyl (C=O) groups is 1. The Kier molecular flexibility index (Phi) is 4.44. The number of nitrogens with zero attached hydrogens (tertiary/aromatic N) is 1. The second kappa shape index (κ2) is 6.27. The van der Waals surface area contributed by atoms with Crippen molar-refractivity contribution in [2.75, 3.05) is 13.7 Å². The van der Waals surface area contributed by atoms with Crippen LogP contribution in [0.25, 0.3) is 0 Å². The largest absolute Gasteiger partial charge is 0.497 e. The molecule has 0 radical (unpaired) electrons. The molecule has 1 aliphatic rings. The van der Waals surface area contributed by atoms with Crippen molar-refractivity contribution in [1.82, 2.24) is 0 Å². The van der Waals surface area contributed by atoms with Crippen LogP contribution in [0.4, 0.5) is 5.69 Å². The van der Waals surface area contributed by atoms with Gasteiger partial charge in [-0.15, -0.1) is 0 Å². The zero-order valence-corrected chi connectivity index (χ0v) is 10.8. The normalized spacial score (nSPS) is 18.1. The van der Waals surface area contributed by atoms with Gasteiger partial charge in [0.2, 0.25) is 0 Å². The molecule has 0 unspecified atom stereocenters. The zero-order valence-electron chi connectivity index (χ0n) is 10.8. The van der Waals surface area contributed by atoms with Crippen molar-refractivity contribution in [1.29, 1.82) is 0 Å². The number of nitro groups is 1. The fourth-order valence-corrected chi connectivity index (χ4v) is 1.71. The van der Waals surface area contributed by atoms with Crippen LogP contribution in [0.2, 0.25) is 0 Å². The summed E-state index contributed by atoms with van der Waals surface area (Å²) in [6.07, 6.45) is 2.16. The topological polar surface area (TPSA) is 87.9 Å². The van der Waals surface area contributed by atoms with Crippen LogP contribution < -0.4 is 4.74 Å². The van der Waals surface area contributed by atoms with Gasteiger partial charge >= 0.3 is 0 Å². The molecule has 7 nitrogen and oxygen atoms in total. The number of ketones is 1. The number of hydrogen-bond donors (Lipinski definition) is 0. The number of methoxy groups -OCH3 is 1. The van der Waals surface area contributed by atoms with Gasteiger partial charge in [-0.1, -0.05) is 0 Å². The summed E-state index contributed by atoms with van der Waals surface area (Å²) in [7, 11) is 1.48. The number of ether oxygens (including phenoxy) is 3. The predicted octanol–water partition coefficient (Wildman–Crippen LogP) is 1.60. The SMILES string of the molecule is COc1ccc([N+](=O)[O-])c(CO[C@H]2C=CC(=O)CO2)c1. The molecule has 0 N–H and O–H groups in total. The molecule has 1 aliphatic heterocycles. The Morgan fingerprint density at radius 1 is 1.50 bits per heavy atom. The van der Waals surface area contributed by atoms with E-state index in [0.717, 1.165) is 0 Å². The van der Waals surface area contributed by atoms with Crippen LogP contribution in [-0.2, 0) is 20.9 Å². The van der Waals surface area contributed by atoms with Gasteiger partial charge in [0.05, 0.1) is 24.2 Å². The van der Waals surface area contributed by atoms with E-state index in [1.807, 2.05) is 0 Å². The molecule has 7 heteroatoms. The molecule has 1 aromatic carbocycles. The Morgan fingerprint density at radius 3 is 2.90 bits per heavy atom. The molecule has 1 heterocycles. The average molecular weight is 279 g/mol. The average Bonchev–Trinajstić information content (AvgIpc) is 2.46. The third-order valence-corrected chi connectivity index (χ3v) is 2.72. The third kappa shape index (κ3) is 3.40. The quantitative estimate of drug-likeness (QED) is 0.601. The van der Waals surface area contributed by atoms with Crippen LogP contribution in [0, 0.1) is 10.1 Å². The Balaban J connectivity index is 2.09. The maximum atomic E-state index is 10.9. The molecule has 0 spiro atoms. The third-order valence-electron chi connectivity index (χ3n) is 2.72. The lowest BCUT2D eigenvalue weighted by Crippen LogP contribution is -2.23. The number of benzene rings is 1. The van der Waals surface area contributed by atoms with Gasteiger partial charge in [0.25, 0.3) is 5.69 Å². The molecule has 106 valence electrons. The van der Waals surface area contributed by atoms with Crippen LogP contribution in [0.15, 0.2) is 30.4 Å². The Morgan fingerprint density at radius 2 is 2.30 bits per heavy atom. The molecule has 0 aromatic heterocycles. The van der Waals surface area contributed by atoms with Gasteiger partial charge in [-0.2, -0.15) is 0 Å². The van der Waals surface area contributed by atoms with Crippen molar-refractivity contribution in [2.24, 2.45) is 0 Å². The first-order valence-electron chi connectivity index (χ1n) is 5.85. The highest BCUT2D eigenvalue weighted by Crippen LogP contribution is 2.25. The van der Waals surface area contributed by atoms with E-state index in [0.29, 0.717) is 11.3 Å². The van der Waals surface area contributed by atoms with E-state index < -0.39 is 11.2 Å². The highest BCUT2D eigenvalue weighted by molar-refractivity contribution is 5.91. The lowest BCUT2D eigenvalue weighted by atomic mass is 10.2. The van der Waals surface area contributed by atoms with Crippen LogP contribution in [0.1, 0.15) is 5.56 Å². The Hall–Kier alpha value is -2.25. The zero-order chi connectivity index (χ0) is 14.5. The lowest BCUT2D eigenvalue weighted by molar-refractivity contribution is -0.386. The molecule has 20 heavy (non-hydrogen) atoms. The van der Waals surface area contributed by atoms with Crippen molar-refractivity contribution >= 4 is 11.5 Å². The summed E-state index contributed by atoms with van der Waals surface area (Å²) < 4.78 is 15.5. The summed E-state index contributed by atoms with van der Waals surface area (Å²) in [5.41, 5.74) is 0.324. The lowest BCUT2D eigenvalue weighted by Gasteiger charge is -2.17. The fourth-order valence-electron chi connectivity index (χ4n) is 1.71. The molecular formula is C13H13NO6. The van der Waals surface area contributed by atoms with Crippen LogP contribution in [-0.4, -0.2) is 30.7 Å². The molecule has 0 saturated heterocycles. The van der Waals surface area contributed by atoms with Gasteiger partial charge in [-0.25, -0.2) is 0 Å².